The van der Waals surface area contributed by atoms with Gasteiger partial charge in [-0.25, -0.2) is 4.79 Å². The van der Waals surface area contributed by atoms with Crippen LogP contribution in [0.15, 0.2) is 29.2 Å². The molecule has 1 atom stereocenters. The number of nitrogens with zero attached hydrogens (tertiary/aromatic N) is 1. The molecule has 0 radical (unpaired) electrons. The van der Waals surface area contributed by atoms with Crippen LogP contribution in [0.5, 0.6) is 0 Å². The summed E-state index contributed by atoms with van der Waals surface area (Å²) in [6.07, 6.45) is 4.26. The van der Waals surface area contributed by atoms with Crippen molar-refractivity contribution in [1.29, 1.82) is 5.26 Å². The number of ether oxygens (including phenoxy) is 1. The fourth-order valence-electron chi connectivity index (χ4n) is 3.16. The highest BCUT2D eigenvalue weighted by Gasteiger charge is 2.35. The Bertz CT molecular complexity index is 832. The molecule has 0 saturated heterocycles. The van der Waals surface area contributed by atoms with E-state index in [9.17, 15) is 19.6 Å². The van der Waals surface area contributed by atoms with Gasteiger partial charge in [-0.3, -0.25) is 9.59 Å². The number of benzene rings is 1. The van der Waals surface area contributed by atoms with E-state index in [1.54, 1.807) is 52.0 Å². The second-order valence-electron chi connectivity index (χ2n) is 8.75. The van der Waals surface area contributed by atoms with E-state index in [1.807, 2.05) is 0 Å². The molecule has 0 aliphatic heterocycles. The summed E-state index contributed by atoms with van der Waals surface area (Å²) in [6, 6.07) is 9.15. The van der Waals surface area contributed by atoms with Crippen molar-refractivity contribution in [2.24, 2.45) is 5.41 Å². The second kappa shape index (κ2) is 10.1. The Morgan fingerprint density at radius 1 is 1.20 bits per heavy atom. The van der Waals surface area contributed by atoms with Crippen LogP contribution in [0.25, 0.3) is 0 Å². The van der Waals surface area contributed by atoms with E-state index >= 15 is 0 Å². The smallest absolute Gasteiger partial charge is 0.339 e. The van der Waals surface area contributed by atoms with E-state index in [1.165, 1.54) is 11.8 Å². The zero-order valence-electron chi connectivity index (χ0n) is 18.1. The Balaban J connectivity index is 2.04. The minimum Gasteiger partial charge on any atom is -0.454 e. The fraction of sp³-hybridized carbons (Fsp3) is 0.565. The maximum atomic E-state index is 12.7. The molecule has 0 heterocycles. The third-order valence-electron chi connectivity index (χ3n) is 5.23. The molecular weight excluding hydrogens is 400 g/mol. The van der Waals surface area contributed by atoms with Crippen LogP contribution in [-0.4, -0.2) is 35.1 Å². The number of hydrogen-bond donors (Lipinski definition) is 1. The zero-order chi connectivity index (χ0) is 22.4. The van der Waals surface area contributed by atoms with Crippen LogP contribution in [0.1, 0.15) is 70.2 Å². The van der Waals surface area contributed by atoms with Crippen LogP contribution in [0.4, 0.5) is 0 Å². The van der Waals surface area contributed by atoms with E-state index in [4.69, 9.17) is 4.74 Å². The number of thioether (sulfide) groups is 1. The molecular formula is C23H30N2O4S. The number of nitrogens with one attached hydrogen (secondary N) is 1. The van der Waals surface area contributed by atoms with Gasteiger partial charge < -0.3 is 10.1 Å². The molecule has 1 aromatic rings. The second-order valence-corrected chi connectivity index (χ2v) is 10.1. The van der Waals surface area contributed by atoms with E-state index in [0.29, 0.717) is 23.3 Å². The van der Waals surface area contributed by atoms with Crippen LogP contribution >= 0.6 is 11.8 Å². The molecule has 1 aromatic carbocycles. The van der Waals surface area contributed by atoms with Gasteiger partial charge in [0.25, 0.3) is 0 Å². The molecule has 6 nitrogen and oxygen atoms in total. The standard InChI is InChI=1S/C23H30N2O4S/c1-16(20(27)25-23(15-24)12-8-5-9-13-23)30-18-11-7-6-10-17(18)21(28)29-14-19(26)22(2,3)4/h6-7,10-11,16H,5,8-9,12-14H2,1-4H3,(H,25,27)/t16-/m1/s1. The lowest BCUT2D eigenvalue weighted by Gasteiger charge is -2.32. The number of nitriles is 1. The van der Waals surface area contributed by atoms with Gasteiger partial charge in [-0.05, 0) is 31.9 Å². The number of hydrogen-bond acceptors (Lipinski definition) is 6. The van der Waals surface area contributed by atoms with Crippen LogP contribution in [0.3, 0.4) is 0 Å². The van der Waals surface area contributed by atoms with Crippen LogP contribution in [0.2, 0.25) is 0 Å². The fourth-order valence-corrected chi connectivity index (χ4v) is 4.15. The summed E-state index contributed by atoms with van der Waals surface area (Å²) in [5.41, 5.74) is -1.07. The summed E-state index contributed by atoms with van der Waals surface area (Å²) in [7, 11) is 0. The average molecular weight is 431 g/mol. The Labute approximate surface area is 182 Å². The van der Waals surface area contributed by atoms with Gasteiger partial charge in [0.1, 0.15) is 5.54 Å². The molecule has 1 N–H and O–H groups in total. The highest BCUT2D eigenvalue weighted by molar-refractivity contribution is 8.00. The monoisotopic (exact) mass is 430 g/mol. The first-order valence-electron chi connectivity index (χ1n) is 10.3. The summed E-state index contributed by atoms with van der Waals surface area (Å²) in [5.74, 6) is -0.985. The summed E-state index contributed by atoms with van der Waals surface area (Å²) in [5, 5.41) is 12.0. The molecule has 0 spiro atoms. The number of amides is 1. The molecule has 1 aliphatic rings. The lowest BCUT2D eigenvalue weighted by Crippen LogP contribution is -2.50. The largest absolute Gasteiger partial charge is 0.454 e. The molecule has 1 saturated carbocycles. The Hall–Kier alpha value is -2.33. The Kier molecular flexibility index (Phi) is 8.08. The van der Waals surface area contributed by atoms with E-state index in [2.05, 4.69) is 11.4 Å². The lowest BCUT2D eigenvalue weighted by atomic mass is 9.83. The SMILES string of the molecule is C[C@@H](Sc1ccccc1C(=O)OCC(=O)C(C)(C)C)C(=O)NC1(C#N)CCCCC1. The van der Waals surface area contributed by atoms with Crippen LogP contribution in [0, 0.1) is 16.7 Å². The number of carbonyl (C=O) groups excluding carboxylic acids is 3. The van der Waals surface area contributed by atoms with Crippen molar-refractivity contribution >= 4 is 29.4 Å². The summed E-state index contributed by atoms with van der Waals surface area (Å²) >= 11 is 1.24. The van der Waals surface area contributed by atoms with Crippen molar-refractivity contribution in [3.8, 4) is 6.07 Å². The van der Waals surface area contributed by atoms with Crippen molar-refractivity contribution in [3.63, 3.8) is 0 Å². The zero-order valence-corrected chi connectivity index (χ0v) is 18.9. The molecule has 0 bridgehead atoms. The Morgan fingerprint density at radius 3 is 2.43 bits per heavy atom. The maximum Gasteiger partial charge on any atom is 0.339 e. The predicted octanol–water partition coefficient (Wildman–Crippen LogP) is 4.28. The highest BCUT2D eigenvalue weighted by atomic mass is 32.2. The first kappa shape index (κ1) is 23.9. The summed E-state index contributed by atoms with van der Waals surface area (Å²) in [4.78, 5) is 37.9. The third-order valence-corrected chi connectivity index (χ3v) is 6.41. The number of carbonyl (C=O) groups is 3. The van der Waals surface area contributed by atoms with Gasteiger partial charge in [-0.15, -0.1) is 11.8 Å². The van der Waals surface area contributed by atoms with Gasteiger partial charge in [0.2, 0.25) is 5.91 Å². The Morgan fingerprint density at radius 2 is 1.83 bits per heavy atom. The van der Waals surface area contributed by atoms with Crippen molar-refractivity contribution in [2.45, 2.75) is 75.5 Å². The van der Waals surface area contributed by atoms with Gasteiger partial charge >= 0.3 is 5.97 Å². The normalized spacial score (nSPS) is 16.8. The quantitative estimate of drug-likeness (QED) is 0.512. The van der Waals surface area contributed by atoms with Gasteiger partial charge in [0, 0.05) is 10.3 Å². The molecule has 1 aliphatic carbocycles. The first-order chi connectivity index (χ1) is 14.1. The third kappa shape index (κ3) is 6.33. The molecule has 7 heteroatoms. The van der Waals surface area contributed by atoms with Gasteiger partial charge in [0.15, 0.2) is 12.4 Å². The summed E-state index contributed by atoms with van der Waals surface area (Å²) in [6.45, 7) is 6.77. The first-order valence-corrected chi connectivity index (χ1v) is 11.2. The predicted molar refractivity (Wildman–Crippen MR) is 116 cm³/mol. The minimum absolute atomic E-state index is 0.164. The van der Waals surface area contributed by atoms with Crippen molar-refractivity contribution in [2.75, 3.05) is 6.61 Å². The molecule has 2 rings (SSSR count). The number of Topliss-reactive ketones (excluding diaryl/α,β-unsaturated/α-hetero) is 1. The van der Waals surface area contributed by atoms with Crippen molar-refractivity contribution < 1.29 is 19.1 Å². The van der Waals surface area contributed by atoms with E-state index < -0.39 is 22.2 Å². The molecule has 162 valence electrons. The molecule has 1 fully saturated rings. The lowest BCUT2D eigenvalue weighted by molar-refractivity contribution is -0.129. The van der Waals surface area contributed by atoms with Crippen LogP contribution < -0.4 is 5.32 Å². The molecule has 0 unspecified atom stereocenters. The molecule has 30 heavy (non-hydrogen) atoms. The van der Waals surface area contributed by atoms with E-state index in [0.717, 1.165) is 19.3 Å². The number of esters is 1. The van der Waals surface area contributed by atoms with Gasteiger partial charge in [-0.1, -0.05) is 52.2 Å². The maximum absolute atomic E-state index is 12.7. The number of ketones is 1. The van der Waals surface area contributed by atoms with E-state index in [-0.39, 0.29) is 18.3 Å². The topological polar surface area (TPSA) is 96.3 Å². The summed E-state index contributed by atoms with van der Waals surface area (Å²) < 4.78 is 5.21. The van der Waals surface area contributed by atoms with Gasteiger partial charge in [-0.2, -0.15) is 5.26 Å². The minimum atomic E-state index is -0.796. The highest BCUT2D eigenvalue weighted by Crippen LogP contribution is 2.31. The average Bonchev–Trinajstić information content (AvgIpc) is 2.72. The molecule has 0 aromatic heterocycles. The van der Waals surface area contributed by atoms with Crippen LogP contribution in [-0.2, 0) is 14.3 Å². The van der Waals surface area contributed by atoms with Crippen molar-refractivity contribution in [1.82, 2.24) is 5.32 Å². The van der Waals surface area contributed by atoms with Crippen molar-refractivity contribution in [3.05, 3.63) is 29.8 Å². The molecule has 1 amide bonds. The van der Waals surface area contributed by atoms with Gasteiger partial charge in [0.05, 0.1) is 16.9 Å². The number of rotatable bonds is 7.